The molecule has 0 bridgehead atoms. The molecule has 0 atom stereocenters. The summed E-state index contributed by atoms with van der Waals surface area (Å²) in [5.41, 5.74) is 6.60. The Morgan fingerprint density at radius 2 is 2.12 bits per heavy atom. The van der Waals surface area contributed by atoms with Crippen LogP contribution in [0.1, 0.15) is 5.56 Å². The average molecular weight is 267 g/mol. The number of hydrogen-bond acceptors (Lipinski definition) is 7. The predicted molar refractivity (Wildman–Crippen MR) is 71.3 cm³/mol. The lowest BCUT2D eigenvalue weighted by Gasteiger charge is -2.00. The Bertz CT molecular complexity index is 445. The zero-order chi connectivity index (χ0) is 11.9. The van der Waals surface area contributed by atoms with Crippen molar-refractivity contribution >= 4 is 28.2 Å². The van der Waals surface area contributed by atoms with Crippen molar-refractivity contribution in [3.8, 4) is 0 Å². The fourth-order valence-corrected chi connectivity index (χ4v) is 2.75. The molecule has 2 aromatic heterocycles. The van der Waals surface area contributed by atoms with E-state index in [1.807, 2.05) is 12.1 Å². The molecule has 3 N–H and O–H groups in total. The molecule has 2 heterocycles. The Kier molecular flexibility index (Phi) is 4.72. The number of hydrogen-bond donors (Lipinski definition) is 2. The predicted octanol–water partition coefficient (Wildman–Crippen LogP) is 1.60. The molecule has 90 valence electrons. The molecular formula is C10H13N5S2. The molecule has 0 saturated carbocycles. The summed E-state index contributed by atoms with van der Waals surface area (Å²) in [6.45, 7) is 1.39. The van der Waals surface area contributed by atoms with E-state index < -0.39 is 0 Å². The summed E-state index contributed by atoms with van der Waals surface area (Å²) in [6, 6.07) is 3.94. The highest BCUT2D eigenvalue weighted by Crippen LogP contribution is 2.25. The van der Waals surface area contributed by atoms with Crippen molar-refractivity contribution in [1.82, 2.24) is 15.2 Å². The number of pyridine rings is 1. The van der Waals surface area contributed by atoms with E-state index in [-0.39, 0.29) is 0 Å². The normalized spacial score (nSPS) is 10.4. The molecule has 7 heteroatoms. The van der Waals surface area contributed by atoms with Crippen molar-refractivity contribution in [2.24, 2.45) is 5.73 Å². The van der Waals surface area contributed by atoms with Crippen LogP contribution in [0.5, 0.6) is 0 Å². The van der Waals surface area contributed by atoms with Gasteiger partial charge in [0.25, 0.3) is 0 Å². The van der Waals surface area contributed by atoms with Gasteiger partial charge < -0.3 is 11.1 Å². The molecule has 2 rings (SSSR count). The standard InChI is InChI=1S/C10H13N5S2/c11-3-6-16-10-15-14-9(17-10)13-7-8-1-4-12-5-2-8/h1-2,4-5H,3,6-7,11H2,(H,13,14). The van der Waals surface area contributed by atoms with Crippen molar-refractivity contribution in [2.75, 3.05) is 17.6 Å². The van der Waals surface area contributed by atoms with Crippen LogP contribution in [0.3, 0.4) is 0 Å². The second-order valence-electron chi connectivity index (χ2n) is 3.22. The number of thioether (sulfide) groups is 1. The maximum atomic E-state index is 5.43. The summed E-state index contributed by atoms with van der Waals surface area (Å²) in [6.07, 6.45) is 3.55. The third kappa shape index (κ3) is 3.95. The van der Waals surface area contributed by atoms with Crippen molar-refractivity contribution in [2.45, 2.75) is 10.9 Å². The first kappa shape index (κ1) is 12.3. The van der Waals surface area contributed by atoms with E-state index in [1.54, 1.807) is 35.5 Å². The molecule has 0 aromatic carbocycles. The van der Waals surface area contributed by atoms with Gasteiger partial charge in [-0.15, -0.1) is 10.2 Å². The Balaban J connectivity index is 1.85. The molecule has 0 aliphatic carbocycles. The zero-order valence-electron chi connectivity index (χ0n) is 9.17. The van der Waals surface area contributed by atoms with Gasteiger partial charge in [-0.2, -0.15) is 0 Å². The number of aromatic nitrogens is 3. The summed E-state index contributed by atoms with van der Waals surface area (Å²) in [5, 5.41) is 12.2. The topological polar surface area (TPSA) is 76.7 Å². The number of nitrogens with two attached hydrogens (primary N) is 1. The molecule has 0 radical (unpaired) electrons. The van der Waals surface area contributed by atoms with E-state index in [9.17, 15) is 0 Å². The smallest absolute Gasteiger partial charge is 0.206 e. The summed E-state index contributed by atoms with van der Waals surface area (Å²) in [4.78, 5) is 3.97. The first-order valence-corrected chi connectivity index (χ1v) is 6.98. The fourth-order valence-electron chi connectivity index (χ4n) is 1.16. The van der Waals surface area contributed by atoms with Crippen molar-refractivity contribution < 1.29 is 0 Å². The first-order chi connectivity index (χ1) is 8.38. The third-order valence-electron chi connectivity index (χ3n) is 1.94. The fraction of sp³-hybridized carbons (Fsp3) is 0.300. The first-order valence-electron chi connectivity index (χ1n) is 5.17. The van der Waals surface area contributed by atoms with E-state index in [0.29, 0.717) is 6.54 Å². The van der Waals surface area contributed by atoms with Gasteiger partial charge in [0, 0.05) is 31.2 Å². The molecule has 0 fully saturated rings. The monoisotopic (exact) mass is 267 g/mol. The molecule has 5 nitrogen and oxygen atoms in total. The molecule has 17 heavy (non-hydrogen) atoms. The second-order valence-corrected chi connectivity index (χ2v) is 5.54. The van der Waals surface area contributed by atoms with Crippen LogP contribution >= 0.6 is 23.1 Å². The van der Waals surface area contributed by atoms with Gasteiger partial charge in [-0.05, 0) is 17.7 Å². The van der Waals surface area contributed by atoms with E-state index in [0.717, 1.165) is 21.8 Å². The highest BCUT2D eigenvalue weighted by molar-refractivity contribution is 8.01. The Labute approximate surface area is 108 Å². The minimum Gasteiger partial charge on any atom is -0.356 e. The lowest BCUT2D eigenvalue weighted by atomic mass is 10.3. The van der Waals surface area contributed by atoms with Crippen molar-refractivity contribution in [3.63, 3.8) is 0 Å². The van der Waals surface area contributed by atoms with Gasteiger partial charge in [-0.25, -0.2) is 0 Å². The minimum atomic E-state index is 0.657. The number of rotatable bonds is 6. The van der Waals surface area contributed by atoms with Crippen LogP contribution in [0.4, 0.5) is 5.13 Å². The number of nitrogens with one attached hydrogen (secondary N) is 1. The quantitative estimate of drug-likeness (QED) is 0.774. The van der Waals surface area contributed by atoms with Crippen molar-refractivity contribution in [1.29, 1.82) is 0 Å². The molecular weight excluding hydrogens is 254 g/mol. The third-order valence-corrected chi connectivity index (χ3v) is 3.99. The molecule has 0 saturated heterocycles. The Morgan fingerprint density at radius 1 is 1.29 bits per heavy atom. The van der Waals surface area contributed by atoms with E-state index in [4.69, 9.17) is 5.73 Å². The maximum Gasteiger partial charge on any atom is 0.206 e. The summed E-state index contributed by atoms with van der Waals surface area (Å²) < 4.78 is 0.952. The van der Waals surface area contributed by atoms with E-state index in [1.165, 1.54) is 5.56 Å². The van der Waals surface area contributed by atoms with E-state index in [2.05, 4.69) is 20.5 Å². The van der Waals surface area contributed by atoms with Gasteiger partial charge in [0.2, 0.25) is 5.13 Å². The van der Waals surface area contributed by atoms with Gasteiger partial charge in [0.15, 0.2) is 4.34 Å². The van der Waals surface area contributed by atoms with Gasteiger partial charge in [0.05, 0.1) is 0 Å². The Hall–Kier alpha value is -1.18. The summed E-state index contributed by atoms with van der Waals surface area (Å²) >= 11 is 3.18. The average Bonchev–Trinajstić information content (AvgIpc) is 2.83. The molecule has 0 spiro atoms. The second kappa shape index (κ2) is 6.53. The highest BCUT2D eigenvalue weighted by Gasteiger charge is 2.03. The summed E-state index contributed by atoms with van der Waals surface area (Å²) in [7, 11) is 0. The minimum absolute atomic E-state index is 0.657. The van der Waals surface area contributed by atoms with Crippen LogP contribution < -0.4 is 11.1 Å². The van der Waals surface area contributed by atoms with E-state index >= 15 is 0 Å². The van der Waals surface area contributed by atoms with Gasteiger partial charge in [-0.3, -0.25) is 4.98 Å². The summed E-state index contributed by atoms with van der Waals surface area (Å²) in [5.74, 6) is 0.874. The van der Waals surface area contributed by atoms with Crippen LogP contribution in [0.15, 0.2) is 28.9 Å². The molecule has 0 aliphatic heterocycles. The van der Waals surface area contributed by atoms with Crippen LogP contribution in [0.2, 0.25) is 0 Å². The molecule has 0 aliphatic rings. The molecule has 2 aromatic rings. The van der Waals surface area contributed by atoms with Crippen LogP contribution in [0, 0.1) is 0 Å². The van der Waals surface area contributed by atoms with Crippen LogP contribution in [-0.2, 0) is 6.54 Å². The van der Waals surface area contributed by atoms with Gasteiger partial charge >= 0.3 is 0 Å². The SMILES string of the molecule is NCCSc1nnc(NCc2ccncc2)s1. The number of nitrogens with zero attached hydrogens (tertiary/aromatic N) is 3. The van der Waals surface area contributed by atoms with Gasteiger partial charge in [-0.1, -0.05) is 23.1 Å². The zero-order valence-corrected chi connectivity index (χ0v) is 10.8. The van der Waals surface area contributed by atoms with Gasteiger partial charge in [0.1, 0.15) is 0 Å². The highest BCUT2D eigenvalue weighted by atomic mass is 32.2. The molecule has 0 amide bonds. The lowest BCUT2D eigenvalue weighted by molar-refractivity contribution is 0.993. The maximum absolute atomic E-state index is 5.43. The largest absolute Gasteiger partial charge is 0.356 e. The lowest BCUT2D eigenvalue weighted by Crippen LogP contribution is -2.00. The van der Waals surface area contributed by atoms with Crippen molar-refractivity contribution in [3.05, 3.63) is 30.1 Å². The number of anilines is 1. The van der Waals surface area contributed by atoms with Crippen LogP contribution in [0.25, 0.3) is 0 Å². The van der Waals surface area contributed by atoms with Crippen LogP contribution in [-0.4, -0.2) is 27.5 Å². The Morgan fingerprint density at radius 3 is 2.88 bits per heavy atom. The molecule has 0 unspecified atom stereocenters.